The number of carboxylic acid groups (broad SMARTS) is 2. The monoisotopic (exact) mass is 256 g/mol. The number of aliphatic carboxylic acids is 2. The minimum absolute atomic E-state index is 0.126. The zero-order valence-electron chi connectivity index (χ0n) is 9.28. The number of carbonyl (C=O) groups is 2. The third kappa shape index (κ3) is 6.18. The van der Waals surface area contributed by atoms with Crippen LogP contribution in [-0.4, -0.2) is 33.6 Å². The van der Waals surface area contributed by atoms with Crippen molar-refractivity contribution in [3.05, 3.63) is 39.9 Å². The van der Waals surface area contributed by atoms with Gasteiger partial charge in [-0.25, -0.2) is 9.59 Å². The summed E-state index contributed by atoms with van der Waals surface area (Å²) in [6.45, 7) is 0.515. The highest BCUT2D eigenvalue weighted by atomic mass is 16.6. The minimum atomic E-state index is -1.82. The number of benzene rings is 1. The van der Waals surface area contributed by atoms with E-state index in [1.807, 2.05) is 6.07 Å². The molecule has 0 fully saturated rings. The Morgan fingerprint density at radius 3 is 2.22 bits per heavy atom. The number of nitrogens with zero attached hydrogens (tertiary/aromatic N) is 1. The SMILES string of the molecule is NCCc1cccc([N+](=O)[O-])c1.O=C(O)C(=O)O. The lowest BCUT2D eigenvalue weighted by molar-refractivity contribution is -0.384. The molecule has 1 aromatic carbocycles. The van der Waals surface area contributed by atoms with Crippen LogP contribution in [0.2, 0.25) is 0 Å². The molecule has 0 saturated heterocycles. The van der Waals surface area contributed by atoms with Gasteiger partial charge in [0.2, 0.25) is 0 Å². The normalized spacial score (nSPS) is 8.94. The van der Waals surface area contributed by atoms with E-state index in [4.69, 9.17) is 25.5 Å². The van der Waals surface area contributed by atoms with Gasteiger partial charge in [-0.3, -0.25) is 10.1 Å². The number of non-ortho nitro benzene ring substituents is 1. The molecule has 0 aromatic heterocycles. The molecule has 0 spiro atoms. The van der Waals surface area contributed by atoms with Crippen molar-refractivity contribution >= 4 is 17.6 Å². The highest BCUT2D eigenvalue weighted by molar-refractivity contribution is 6.27. The Balaban J connectivity index is 0.000000411. The Morgan fingerprint density at radius 1 is 1.28 bits per heavy atom. The summed E-state index contributed by atoms with van der Waals surface area (Å²) in [6.07, 6.45) is 0.682. The van der Waals surface area contributed by atoms with Crippen molar-refractivity contribution in [3.8, 4) is 0 Å². The molecule has 0 radical (unpaired) electrons. The first-order chi connectivity index (χ1) is 8.38. The Morgan fingerprint density at radius 2 is 1.83 bits per heavy atom. The first-order valence-electron chi connectivity index (χ1n) is 4.78. The average molecular weight is 256 g/mol. The lowest BCUT2D eigenvalue weighted by atomic mass is 10.1. The van der Waals surface area contributed by atoms with Crippen LogP contribution >= 0.6 is 0 Å². The van der Waals surface area contributed by atoms with Gasteiger partial charge in [-0.05, 0) is 18.5 Å². The fraction of sp³-hybridized carbons (Fsp3) is 0.200. The van der Waals surface area contributed by atoms with Gasteiger partial charge >= 0.3 is 11.9 Å². The molecule has 0 saturated carbocycles. The van der Waals surface area contributed by atoms with Crippen LogP contribution in [0.5, 0.6) is 0 Å². The summed E-state index contributed by atoms with van der Waals surface area (Å²) in [6, 6.07) is 6.52. The van der Waals surface area contributed by atoms with Crippen LogP contribution in [0, 0.1) is 10.1 Å². The van der Waals surface area contributed by atoms with Crippen molar-refractivity contribution in [2.45, 2.75) is 6.42 Å². The summed E-state index contributed by atoms with van der Waals surface area (Å²) in [7, 11) is 0. The molecule has 1 rings (SSSR count). The van der Waals surface area contributed by atoms with Crippen molar-refractivity contribution in [2.24, 2.45) is 5.73 Å². The van der Waals surface area contributed by atoms with Crippen LogP contribution in [0.4, 0.5) is 5.69 Å². The molecule has 0 aliphatic heterocycles. The van der Waals surface area contributed by atoms with Crippen LogP contribution in [0.3, 0.4) is 0 Å². The third-order valence-electron chi connectivity index (χ3n) is 1.74. The van der Waals surface area contributed by atoms with E-state index in [0.717, 1.165) is 5.56 Å². The smallest absolute Gasteiger partial charge is 0.414 e. The van der Waals surface area contributed by atoms with Gasteiger partial charge in [-0.15, -0.1) is 0 Å². The van der Waals surface area contributed by atoms with Gasteiger partial charge in [0.05, 0.1) is 4.92 Å². The van der Waals surface area contributed by atoms with Crippen LogP contribution in [0.15, 0.2) is 24.3 Å². The molecule has 1 aromatic rings. The molecule has 98 valence electrons. The van der Waals surface area contributed by atoms with Crippen LogP contribution in [-0.2, 0) is 16.0 Å². The molecule has 0 aliphatic carbocycles. The molecule has 0 bridgehead atoms. The molecule has 8 nitrogen and oxygen atoms in total. The van der Waals surface area contributed by atoms with Crippen molar-refractivity contribution in [1.29, 1.82) is 0 Å². The van der Waals surface area contributed by atoms with E-state index in [9.17, 15) is 10.1 Å². The quantitative estimate of drug-likeness (QED) is 0.399. The maximum Gasteiger partial charge on any atom is 0.414 e. The Kier molecular flexibility index (Phi) is 6.67. The summed E-state index contributed by atoms with van der Waals surface area (Å²) >= 11 is 0. The predicted octanol–water partition coefficient (Wildman–Crippen LogP) is 0.252. The van der Waals surface area contributed by atoms with E-state index < -0.39 is 16.9 Å². The molecule has 8 heteroatoms. The van der Waals surface area contributed by atoms with Crippen molar-refractivity contribution in [2.75, 3.05) is 6.54 Å². The topological polar surface area (TPSA) is 144 Å². The highest BCUT2D eigenvalue weighted by Gasteiger charge is 2.04. The summed E-state index contributed by atoms with van der Waals surface area (Å²) in [5, 5.41) is 25.1. The van der Waals surface area contributed by atoms with Crippen molar-refractivity contribution < 1.29 is 24.7 Å². The number of rotatable bonds is 3. The van der Waals surface area contributed by atoms with Gasteiger partial charge in [0.25, 0.3) is 5.69 Å². The van der Waals surface area contributed by atoms with E-state index in [1.165, 1.54) is 6.07 Å². The van der Waals surface area contributed by atoms with Gasteiger partial charge in [-0.2, -0.15) is 0 Å². The van der Waals surface area contributed by atoms with E-state index >= 15 is 0 Å². The average Bonchev–Trinajstić information content (AvgIpc) is 2.30. The van der Waals surface area contributed by atoms with Crippen molar-refractivity contribution in [1.82, 2.24) is 0 Å². The molecule has 0 unspecified atom stereocenters. The Bertz CT molecular complexity index is 434. The van der Waals surface area contributed by atoms with Gasteiger partial charge in [0.1, 0.15) is 0 Å². The second-order valence-electron chi connectivity index (χ2n) is 3.08. The fourth-order valence-electron chi connectivity index (χ4n) is 0.992. The number of nitro groups is 1. The largest absolute Gasteiger partial charge is 0.473 e. The molecule has 0 amide bonds. The summed E-state index contributed by atoms with van der Waals surface area (Å²) in [5.74, 6) is -3.65. The van der Waals surface area contributed by atoms with Crippen molar-refractivity contribution in [3.63, 3.8) is 0 Å². The fourth-order valence-corrected chi connectivity index (χ4v) is 0.992. The lowest BCUT2D eigenvalue weighted by Crippen LogP contribution is -2.09. The third-order valence-corrected chi connectivity index (χ3v) is 1.74. The summed E-state index contributed by atoms with van der Waals surface area (Å²) in [5.41, 5.74) is 6.35. The minimum Gasteiger partial charge on any atom is -0.473 e. The highest BCUT2D eigenvalue weighted by Crippen LogP contribution is 2.12. The lowest BCUT2D eigenvalue weighted by Gasteiger charge is -1.96. The summed E-state index contributed by atoms with van der Waals surface area (Å²) < 4.78 is 0. The predicted molar refractivity (Wildman–Crippen MR) is 61.1 cm³/mol. The summed E-state index contributed by atoms with van der Waals surface area (Å²) in [4.78, 5) is 28.1. The molecule has 0 aliphatic rings. The molecular weight excluding hydrogens is 244 g/mol. The second kappa shape index (κ2) is 7.74. The second-order valence-corrected chi connectivity index (χ2v) is 3.08. The van der Waals surface area contributed by atoms with Gasteiger partial charge in [-0.1, -0.05) is 12.1 Å². The van der Waals surface area contributed by atoms with Crippen LogP contribution in [0.25, 0.3) is 0 Å². The first-order valence-corrected chi connectivity index (χ1v) is 4.78. The van der Waals surface area contributed by atoms with E-state index in [2.05, 4.69) is 0 Å². The number of nitrogens with two attached hydrogens (primary N) is 1. The number of hydrogen-bond acceptors (Lipinski definition) is 5. The first kappa shape index (κ1) is 15.5. The van der Waals surface area contributed by atoms with Gasteiger partial charge < -0.3 is 15.9 Å². The molecule has 0 atom stereocenters. The number of carboxylic acids is 2. The number of hydrogen-bond donors (Lipinski definition) is 3. The maximum atomic E-state index is 10.3. The molecule has 0 heterocycles. The van der Waals surface area contributed by atoms with Gasteiger partial charge in [0, 0.05) is 12.1 Å². The zero-order chi connectivity index (χ0) is 14.1. The van der Waals surface area contributed by atoms with E-state index in [1.54, 1.807) is 12.1 Å². The standard InChI is InChI=1S/C8H10N2O2.C2H2O4/c9-5-4-7-2-1-3-8(6-7)10(11)12;3-1(4)2(5)6/h1-3,6H,4-5,9H2;(H,3,4)(H,5,6). The van der Waals surface area contributed by atoms with Crippen LogP contribution in [0.1, 0.15) is 5.56 Å². The molecule has 18 heavy (non-hydrogen) atoms. The molecule has 4 N–H and O–H groups in total. The molecular formula is C10H12N2O6. The Labute approximate surface area is 102 Å². The zero-order valence-corrected chi connectivity index (χ0v) is 9.28. The number of nitro benzene ring substituents is 1. The Hall–Kier alpha value is -2.48. The maximum absolute atomic E-state index is 10.3. The van der Waals surface area contributed by atoms with E-state index in [0.29, 0.717) is 13.0 Å². The van der Waals surface area contributed by atoms with Crippen LogP contribution < -0.4 is 5.73 Å². The van der Waals surface area contributed by atoms with E-state index in [-0.39, 0.29) is 5.69 Å². The van der Waals surface area contributed by atoms with Gasteiger partial charge in [0.15, 0.2) is 0 Å².